The molecule has 3 nitrogen and oxygen atoms in total. The van der Waals surface area contributed by atoms with Crippen molar-refractivity contribution in [1.82, 2.24) is 0 Å². The Labute approximate surface area is 210 Å². The minimum atomic E-state index is -0.311. The lowest BCUT2D eigenvalue weighted by Crippen LogP contribution is -2.24. The van der Waals surface area contributed by atoms with Crippen LogP contribution in [-0.4, -0.2) is 18.7 Å². The van der Waals surface area contributed by atoms with Crippen molar-refractivity contribution >= 4 is 5.97 Å². The van der Waals surface area contributed by atoms with Gasteiger partial charge < -0.3 is 9.47 Å². The highest BCUT2D eigenvalue weighted by atomic mass is 16.5. The van der Waals surface area contributed by atoms with Crippen LogP contribution in [0.4, 0.5) is 0 Å². The van der Waals surface area contributed by atoms with Crippen LogP contribution in [0, 0.1) is 5.41 Å². The van der Waals surface area contributed by atoms with Gasteiger partial charge in [-0.3, -0.25) is 4.79 Å². The van der Waals surface area contributed by atoms with Crippen LogP contribution in [-0.2, 0) is 9.53 Å². The summed E-state index contributed by atoms with van der Waals surface area (Å²) in [5.41, 5.74) is 2.41. The lowest BCUT2D eigenvalue weighted by atomic mass is 9.91. The molecule has 192 valence electrons. The Balaban J connectivity index is 0.000000504. The van der Waals surface area contributed by atoms with E-state index in [0.717, 1.165) is 12.2 Å². The Morgan fingerprint density at radius 2 is 1.21 bits per heavy atom. The number of carbonyl (C=O) groups is 1. The van der Waals surface area contributed by atoms with E-state index in [2.05, 4.69) is 108 Å². The number of ether oxygens (including phenoxy) is 2. The molecule has 0 saturated carbocycles. The zero-order valence-electron chi connectivity index (χ0n) is 23.7. The van der Waals surface area contributed by atoms with E-state index in [4.69, 9.17) is 4.74 Å². The summed E-state index contributed by atoms with van der Waals surface area (Å²) >= 11 is 0. The highest BCUT2D eigenvalue weighted by molar-refractivity contribution is 5.75. The highest BCUT2D eigenvalue weighted by Crippen LogP contribution is 2.24. The number of methoxy groups -OCH3 is 1. The van der Waals surface area contributed by atoms with Crippen molar-refractivity contribution in [1.29, 1.82) is 0 Å². The average molecular weight is 471 g/mol. The van der Waals surface area contributed by atoms with Crippen LogP contribution in [0.1, 0.15) is 111 Å². The summed E-state index contributed by atoms with van der Waals surface area (Å²) < 4.78 is 10.3. The lowest BCUT2D eigenvalue weighted by molar-refractivity contribution is -0.150. The van der Waals surface area contributed by atoms with Gasteiger partial charge in [-0.25, -0.2) is 0 Å². The number of carbonyl (C=O) groups excluding carboxylic acids is 1. The third-order valence-electron chi connectivity index (χ3n) is 6.09. The fraction of sp³-hybridized carbons (Fsp3) is 0.581. The van der Waals surface area contributed by atoms with Crippen molar-refractivity contribution in [3.63, 3.8) is 0 Å². The molecule has 0 bridgehead atoms. The first kappa shape index (κ1) is 31.7. The Kier molecular flexibility index (Phi) is 14.5. The predicted molar refractivity (Wildman–Crippen MR) is 147 cm³/mol. The lowest BCUT2D eigenvalue weighted by Gasteiger charge is -2.21. The van der Waals surface area contributed by atoms with Crippen LogP contribution in [0.3, 0.4) is 0 Å². The maximum absolute atomic E-state index is 10.8. The van der Waals surface area contributed by atoms with Gasteiger partial charge >= 0.3 is 5.97 Å². The molecule has 0 aromatic heterocycles. The molecule has 0 aliphatic heterocycles. The molecule has 0 aliphatic carbocycles. The molecular weight excluding hydrogens is 420 g/mol. The molecule has 2 aromatic carbocycles. The fourth-order valence-corrected chi connectivity index (χ4v) is 2.89. The van der Waals surface area contributed by atoms with E-state index in [0.29, 0.717) is 11.8 Å². The molecule has 2 atom stereocenters. The first-order chi connectivity index (χ1) is 15.8. The third-order valence-corrected chi connectivity index (χ3v) is 6.09. The van der Waals surface area contributed by atoms with E-state index in [1.54, 1.807) is 0 Å². The molecule has 2 aromatic rings. The van der Waals surface area contributed by atoms with Gasteiger partial charge in [-0.1, -0.05) is 77.1 Å². The van der Waals surface area contributed by atoms with Crippen molar-refractivity contribution in [2.24, 2.45) is 5.41 Å². The Bertz CT molecular complexity index is 786. The number of rotatable bonds is 7. The second-order valence-corrected chi connectivity index (χ2v) is 10.5. The van der Waals surface area contributed by atoms with Crippen LogP contribution in [0.2, 0.25) is 0 Å². The molecule has 2 rings (SSSR count). The van der Waals surface area contributed by atoms with E-state index in [1.165, 1.54) is 31.1 Å². The van der Waals surface area contributed by atoms with Gasteiger partial charge in [0.15, 0.2) is 0 Å². The Morgan fingerprint density at radius 1 is 0.765 bits per heavy atom. The molecule has 0 heterocycles. The first-order valence-electron chi connectivity index (χ1n) is 12.7. The van der Waals surface area contributed by atoms with Gasteiger partial charge in [0.05, 0.1) is 12.5 Å². The molecule has 0 radical (unpaired) electrons. The average Bonchev–Trinajstić information content (AvgIpc) is 2.83. The molecule has 0 saturated heterocycles. The second kappa shape index (κ2) is 15.6. The van der Waals surface area contributed by atoms with Gasteiger partial charge in [-0.2, -0.15) is 0 Å². The minimum Gasteiger partial charge on any atom is -0.488 e. The van der Waals surface area contributed by atoms with Crippen LogP contribution in [0.5, 0.6) is 5.75 Å². The smallest absolute Gasteiger partial charge is 0.311 e. The number of hydrogen-bond acceptors (Lipinski definition) is 3. The summed E-state index contributed by atoms with van der Waals surface area (Å²) in [5.74, 6) is 2.16. The van der Waals surface area contributed by atoms with Crippen molar-refractivity contribution in [2.75, 3.05) is 7.11 Å². The van der Waals surface area contributed by atoms with Crippen molar-refractivity contribution < 1.29 is 14.3 Å². The summed E-state index contributed by atoms with van der Waals surface area (Å²) in [5, 5.41) is 0. The monoisotopic (exact) mass is 470 g/mol. The first-order valence-corrected chi connectivity index (χ1v) is 12.7. The van der Waals surface area contributed by atoms with E-state index in [9.17, 15) is 4.79 Å². The van der Waals surface area contributed by atoms with E-state index >= 15 is 0 Å². The summed E-state index contributed by atoms with van der Waals surface area (Å²) in [6, 6.07) is 19.1. The molecule has 0 fully saturated rings. The second-order valence-electron chi connectivity index (χ2n) is 10.5. The standard InChI is InChI=1S/C14H22O.C10H14.C7H14O2/c1-6-11(2)12-7-9-13(10-8-12)15-14(3,4)5;1-3-9(2)10-7-5-4-6-8-10;1-5-7(2,3)6(8)9-4/h7-11H,6H2,1-5H3;4-9H,3H2,1-2H3;5H2,1-4H3. The molecule has 0 spiro atoms. The summed E-state index contributed by atoms with van der Waals surface area (Å²) in [7, 11) is 1.42. The molecule has 0 amide bonds. The zero-order valence-corrected chi connectivity index (χ0v) is 23.7. The number of benzene rings is 2. The molecule has 0 N–H and O–H groups in total. The maximum atomic E-state index is 10.8. The van der Waals surface area contributed by atoms with Crippen molar-refractivity contribution in [2.45, 2.75) is 106 Å². The van der Waals surface area contributed by atoms with Crippen LogP contribution in [0.15, 0.2) is 54.6 Å². The van der Waals surface area contributed by atoms with Gasteiger partial charge in [-0.05, 0) is 89.0 Å². The van der Waals surface area contributed by atoms with E-state index in [-0.39, 0.29) is 17.0 Å². The normalized spacial score (nSPS) is 12.8. The molecular formula is C31H50O3. The fourth-order valence-electron chi connectivity index (χ4n) is 2.89. The van der Waals surface area contributed by atoms with Crippen LogP contribution >= 0.6 is 0 Å². The minimum absolute atomic E-state index is 0.113. The largest absolute Gasteiger partial charge is 0.488 e. The summed E-state index contributed by atoms with van der Waals surface area (Å²) in [6.07, 6.45) is 3.23. The van der Waals surface area contributed by atoms with Gasteiger partial charge in [0.1, 0.15) is 11.4 Å². The predicted octanol–water partition coefficient (Wildman–Crippen LogP) is 9.17. The van der Waals surface area contributed by atoms with Crippen molar-refractivity contribution in [3.8, 4) is 5.75 Å². The summed E-state index contributed by atoms with van der Waals surface area (Å²) in [4.78, 5) is 10.8. The third kappa shape index (κ3) is 12.8. The highest BCUT2D eigenvalue weighted by Gasteiger charge is 2.25. The van der Waals surface area contributed by atoms with E-state index in [1.807, 2.05) is 20.8 Å². The molecule has 2 unspecified atom stereocenters. The van der Waals surface area contributed by atoms with Crippen LogP contribution in [0.25, 0.3) is 0 Å². The Morgan fingerprint density at radius 3 is 1.53 bits per heavy atom. The molecule has 0 aliphatic rings. The summed E-state index contributed by atoms with van der Waals surface area (Å²) in [6.45, 7) is 20.9. The van der Waals surface area contributed by atoms with Gasteiger partial charge in [-0.15, -0.1) is 0 Å². The zero-order chi connectivity index (χ0) is 26.4. The van der Waals surface area contributed by atoms with E-state index < -0.39 is 0 Å². The van der Waals surface area contributed by atoms with Crippen LogP contribution < -0.4 is 4.74 Å². The molecule has 3 heteroatoms. The SMILES string of the molecule is CCC(C)(C)C(=O)OC.CCC(C)c1ccc(OC(C)(C)C)cc1.CCC(C)c1ccccc1. The quantitative estimate of drug-likeness (QED) is 0.378. The van der Waals surface area contributed by atoms with Gasteiger partial charge in [0.25, 0.3) is 0 Å². The Hall–Kier alpha value is -2.29. The maximum Gasteiger partial charge on any atom is 0.311 e. The topological polar surface area (TPSA) is 35.5 Å². The van der Waals surface area contributed by atoms with Gasteiger partial charge in [0, 0.05) is 0 Å². The number of esters is 1. The molecule has 34 heavy (non-hydrogen) atoms. The number of hydrogen-bond donors (Lipinski definition) is 0. The van der Waals surface area contributed by atoms with Crippen molar-refractivity contribution in [3.05, 3.63) is 65.7 Å². The van der Waals surface area contributed by atoms with Gasteiger partial charge in [0.2, 0.25) is 0 Å².